The van der Waals surface area contributed by atoms with Crippen LogP contribution in [0.25, 0.3) is 0 Å². The predicted octanol–water partition coefficient (Wildman–Crippen LogP) is -0.645. The van der Waals surface area contributed by atoms with Gasteiger partial charge in [-0.2, -0.15) is 8.42 Å². The fourth-order valence-electron chi connectivity index (χ4n) is 1.53. The van der Waals surface area contributed by atoms with Crippen LogP contribution in [0.1, 0.15) is 11.1 Å². The Bertz CT molecular complexity index is 646. The second-order valence-electron chi connectivity index (χ2n) is 3.65. The molecular formula is C9H12N2O6S. The molecule has 1 aromatic heterocycles. The van der Waals surface area contributed by atoms with Crippen LogP contribution < -0.4 is 10.9 Å². The van der Waals surface area contributed by atoms with E-state index in [0.29, 0.717) is 0 Å². The second kappa shape index (κ2) is 4.78. The molecule has 3 N–H and O–H groups in total. The fourth-order valence-corrected chi connectivity index (χ4v) is 2.24. The lowest BCUT2D eigenvalue weighted by molar-refractivity contribution is -0.105. The molecule has 0 spiro atoms. The van der Waals surface area contributed by atoms with Gasteiger partial charge in [0.2, 0.25) is 6.41 Å². The Hall–Kier alpha value is -1.87. The molecule has 8 nitrogen and oxygen atoms in total. The Labute approximate surface area is 103 Å². The van der Waals surface area contributed by atoms with Gasteiger partial charge in [0.15, 0.2) is 5.88 Å². The molecule has 18 heavy (non-hydrogen) atoms. The maximum Gasteiger partial charge on any atom is 0.277 e. The molecule has 1 rings (SSSR count). The van der Waals surface area contributed by atoms with Crippen LogP contribution in [0.5, 0.6) is 5.88 Å². The lowest BCUT2D eigenvalue weighted by atomic mass is 10.1. The lowest BCUT2D eigenvalue weighted by Crippen LogP contribution is -2.24. The van der Waals surface area contributed by atoms with Gasteiger partial charge in [-0.3, -0.25) is 18.7 Å². The maximum absolute atomic E-state index is 11.7. The summed E-state index contributed by atoms with van der Waals surface area (Å²) in [6.07, 6.45) is 0.262. The monoisotopic (exact) mass is 276 g/mol. The van der Waals surface area contributed by atoms with Crippen molar-refractivity contribution in [3.63, 3.8) is 0 Å². The summed E-state index contributed by atoms with van der Waals surface area (Å²) < 4.78 is 31.2. The van der Waals surface area contributed by atoms with Gasteiger partial charge in [0.1, 0.15) is 11.4 Å². The fraction of sp³-hybridized carbons (Fsp3) is 0.333. The molecule has 0 radical (unpaired) electrons. The van der Waals surface area contributed by atoms with Gasteiger partial charge in [0, 0.05) is 12.6 Å². The highest BCUT2D eigenvalue weighted by Gasteiger charge is 2.20. The Morgan fingerprint density at radius 1 is 1.44 bits per heavy atom. The molecule has 1 amide bonds. The first-order valence-electron chi connectivity index (χ1n) is 4.75. The van der Waals surface area contributed by atoms with Crippen molar-refractivity contribution in [1.82, 2.24) is 4.57 Å². The van der Waals surface area contributed by atoms with Gasteiger partial charge in [-0.15, -0.1) is 0 Å². The van der Waals surface area contributed by atoms with Gasteiger partial charge in [-0.1, -0.05) is 0 Å². The molecule has 0 bridgehead atoms. The number of carbonyl (C=O) groups is 1. The van der Waals surface area contributed by atoms with Gasteiger partial charge >= 0.3 is 0 Å². The number of pyridine rings is 1. The van der Waals surface area contributed by atoms with Gasteiger partial charge in [-0.25, -0.2) is 0 Å². The molecule has 0 aromatic carbocycles. The number of anilines is 1. The smallest absolute Gasteiger partial charge is 0.277 e. The molecule has 0 saturated carbocycles. The van der Waals surface area contributed by atoms with E-state index in [1.165, 1.54) is 14.0 Å². The molecule has 0 fully saturated rings. The highest BCUT2D eigenvalue weighted by Crippen LogP contribution is 2.25. The van der Waals surface area contributed by atoms with Crippen LogP contribution in [0.15, 0.2) is 4.79 Å². The van der Waals surface area contributed by atoms with E-state index in [-0.39, 0.29) is 23.2 Å². The van der Waals surface area contributed by atoms with E-state index in [4.69, 9.17) is 4.55 Å². The van der Waals surface area contributed by atoms with Gasteiger partial charge < -0.3 is 10.4 Å². The van der Waals surface area contributed by atoms with Crippen molar-refractivity contribution in [2.45, 2.75) is 12.7 Å². The van der Waals surface area contributed by atoms with Crippen LogP contribution in [0.2, 0.25) is 0 Å². The summed E-state index contributed by atoms with van der Waals surface area (Å²) in [6.45, 7) is 1.35. The van der Waals surface area contributed by atoms with Crippen LogP contribution >= 0.6 is 0 Å². The highest BCUT2D eigenvalue weighted by atomic mass is 32.2. The molecule has 100 valence electrons. The summed E-state index contributed by atoms with van der Waals surface area (Å²) in [5.74, 6) is -1.43. The average Bonchev–Trinajstić information content (AvgIpc) is 2.26. The number of hydrogen-bond donors (Lipinski definition) is 3. The summed E-state index contributed by atoms with van der Waals surface area (Å²) in [5, 5.41) is 11.8. The van der Waals surface area contributed by atoms with Gasteiger partial charge in [-0.05, 0) is 12.5 Å². The molecule has 0 aliphatic rings. The number of hydrogen-bond acceptors (Lipinski definition) is 5. The van der Waals surface area contributed by atoms with E-state index in [0.717, 1.165) is 4.57 Å². The topological polar surface area (TPSA) is 126 Å². The summed E-state index contributed by atoms with van der Waals surface area (Å²) >= 11 is 0. The third kappa shape index (κ3) is 2.68. The summed E-state index contributed by atoms with van der Waals surface area (Å²) in [4.78, 5) is 22.1. The van der Waals surface area contributed by atoms with E-state index in [1.807, 2.05) is 0 Å². The van der Waals surface area contributed by atoms with E-state index >= 15 is 0 Å². The standard InChI is InChI=1S/C9H12N2O6S/c1-5-6(3-18(15,16)17)8(13)11(2)9(14)7(5)10-4-12/h4,13H,3H2,1-2H3,(H,10,12)(H,15,16,17). The number of amides is 1. The minimum Gasteiger partial charge on any atom is -0.494 e. The SMILES string of the molecule is Cc1c(CS(=O)(=O)O)c(O)n(C)c(=O)c1NC=O. The summed E-state index contributed by atoms with van der Waals surface area (Å²) in [5.41, 5.74) is -0.899. The van der Waals surface area contributed by atoms with Crippen LogP contribution in [0, 0.1) is 6.92 Å². The highest BCUT2D eigenvalue weighted by molar-refractivity contribution is 7.85. The molecule has 0 aliphatic carbocycles. The van der Waals surface area contributed by atoms with Crippen molar-refractivity contribution in [2.24, 2.45) is 7.05 Å². The summed E-state index contributed by atoms with van der Waals surface area (Å²) in [6, 6.07) is 0. The molecule has 0 unspecified atom stereocenters. The van der Waals surface area contributed by atoms with Gasteiger partial charge in [0.25, 0.3) is 15.7 Å². The van der Waals surface area contributed by atoms with Crippen molar-refractivity contribution < 1.29 is 22.9 Å². The van der Waals surface area contributed by atoms with Crippen molar-refractivity contribution >= 4 is 22.2 Å². The predicted molar refractivity (Wildman–Crippen MR) is 63.0 cm³/mol. The van der Waals surface area contributed by atoms with Crippen molar-refractivity contribution in [3.8, 4) is 5.88 Å². The van der Waals surface area contributed by atoms with Crippen molar-refractivity contribution in [2.75, 3.05) is 5.32 Å². The zero-order chi connectivity index (χ0) is 14.1. The third-order valence-electron chi connectivity index (χ3n) is 2.46. The Morgan fingerprint density at radius 2 is 2.00 bits per heavy atom. The van der Waals surface area contributed by atoms with E-state index in [2.05, 4.69) is 5.32 Å². The molecule has 0 aliphatic heterocycles. The zero-order valence-corrected chi connectivity index (χ0v) is 10.5. The van der Waals surface area contributed by atoms with Crippen LogP contribution in [-0.4, -0.2) is 29.1 Å². The van der Waals surface area contributed by atoms with Crippen LogP contribution in [0.3, 0.4) is 0 Å². The maximum atomic E-state index is 11.7. The normalized spacial score (nSPS) is 11.3. The molecule has 1 aromatic rings. The van der Waals surface area contributed by atoms with Gasteiger partial charge in [0.05, 0.1) is 0 Å². The van der Waals surface area contributed by atoms with E-state index in [9.17, 15) is 23.1 Å². The number of nitrogens with one attached hydrogen (secondary N) is 1. The number of aromatic nitrogens is 1. The van der Waals surface area contributed by atoms with Crippen LogP contribution in [-0.2, 0) is 27.7 Å². The Kier molecular flexibility index (Phi) is 3.77. The number of rotatable bonds is 4. The first-order chi connectivity index (χ1) is 8.19. The van der Waals surface area contributed by atoms with Crippen LogP contribution in [0.4, 0.5) is 5.69 Å². The molecular weight excluding hydrogens is 264 g/mol. The molecule has 0 saturated heterocycles. The third-order valence-corrected chi connectivity index (χ3v) is 3.12. The zero-order valence-electron chi connectivity index (χ0n) is 9.67. The lowest BCUT2D eigenvalue weighted by Gasteiger charge is -2.14. The molecule has 1 heterocycles. The second-order valence-corrected chi connectivity index (χ2v) is 5.11. The average molecular weight is 276 g/mol. The minimum atomic E-state index is -4.37. The number of nitrogens with zero attached hydrogens (tertiary/aromatic N) is 1. The largest absolute Gasteiger partial charge is 0.494 e. The Morgan fingerprint density at radius 3 is 2.44 bits per heavy atom. The summed E-state index contributed by atoms with van der Waals surface area (Å²) in [7, 11) is -3.17. The van der Waals surface area contributed by atoms with E-state index < -0.39 is 27.3 Å². The number of carbonyl (C=O) groups excluding carboxylic acids is 1. The molecule has 0 atom stereocenters. The van der Waals surface area contributed by atoms with Crippen molar-refractivity contribution in [3.05, 3.63) is 21.5 Å². The van der Waals surface area contributed by atoms with E-state index in [1.54, 1.807) is 0 Å². The first kappa shape index (κ1) is 14.2. The minimum absolute atomic E-state index is 0.0836. The molecule has 9 heteroatoms. The van der Waals surface area contributed by atoms with Crippen molar-refractivity contribution in [1.29, 1.82) is 0 Å². The first-order valence-corrected chi connectivity index (χ1v) is 6.36. The number of aromatic hydroxyl groups is 1. The quantitative estimate of drug-likeness (QED) is 0.496. The Balaban J connectivity index is 3.62.